The number of aryl methyl sites for hydroxylation is 4. The molecular weight excluding hydrogens is 322 g/mol. The molecule has 3 rings (SSSR count). The van der Waals surface area contributed by atoms with E-state index in [1.807, 2.05) is 6.92 Å². The van der Waals surface area contributed by atoms with Crippen LogP contribution in [0.2, 0.25) is 0 Å². The van der Waals surface area contributed by atoms with Crippen LogP contribution in [-0.4, -0.2) is 16.7 Å². The van der Waals surface area contributed by atoms with Crippen LogP contribution < -0.4 is 0 Å². The van der Waals surface area contributed by atoms with Crippen molar-refractivity contribution in [3.8, 4) is 0 Å². The van der Waals surface area contributed by atoms with E-state index in [1.54, 1.807) is 0 Å². The van der Waals surface area contributed by atoms with Gasteiger partial charge in [0.15, 0.2) is 0 Å². The van der Waals surface area contributed by atoms with Crippen LogP contribution in [0.1, 0.15) is 41.2 Å². The van der Waals surface area contributed by atoms with Crippen LogP contribution in [0.3, 0.4) is 0 Å². The van der Waals surface area contributed by atoms with Crippen molar-refractivity contribution in [1.82, 2.24) is 4.90 Å². The lowest BCUT2D eigenvalue weighted by molar-refractivity contribution is -0.137. The summed E-state index contributed by atoms with van der Waals surface area (Å²) >= 11 is 0. The van der Waals surface area contributed by atoms with Gasteiger partial charge < -0.3 is 0 Å². The fourth-order valence-electron chi connectivity index (χ4n) is 3.34. The maximum Gasteiger partial charge on any atom is 0.253 e. The van der Waals surface area contributed by atoms with Crippen LogP contribution >= 0.6 is 0 Å². The molecule has 0 aromatic heterocycles. The van der Waals surface area contributed by atoms with E-state index in [0.717, 1.165) is 36.8 Å². The van der Waals surface area contributed by atoms with Crippen molar-refractivity contribution in [2.24, 2.45) is 0 Å². The second-order valence-electron chi connectivity index (χ2n) is 6.93. The van der Waals surface area contributed by atoms with Crippen molar-refractivity contribution >= 4 is 11.8 Å². The van der Waals surface area contributed by atoms with Gasteiger partial charge in [-0.15, -0.1) is 0 Å². The molecule has 0 unspecified atom stereocenters. The van der Waals surface area contributed by atoms with Gasteiger partial charge in [0.2, 0.25) is 0 Å². The Hall–Kier alpha value is -2.68. The summed E-state index contributed by atoms with van der Waals surface area (Å²) in [7, 11) is 0. The van der Waals surface area contributed by atoms with Gasteiger partial charge in [0.25, 0.3) is 11.8 Å². The van der Waals surface area contributed by atoms with Crippen LogP contribution in [0.15, 0.2) is 54.6 Å². The van der Waals surface area contributed by atoms with Crippen molar-refractivity contribution in [3.63, 3.8) is 0 Å². The number of benzene rings is 2. The van der Waals surface area contributed by atoms with Gasteiger partial charge in [0, 0.05) is 12.2 Å². The highest BCUT2D eigenvalue weighted by atomic mass is 16.2. The molecule has 1 aliphatic heterocycles. The molecule has 0 radical (unpaired) electrons. The average Bonchev–Trinajstić information content (AvgIpc) is 2.94. The van der Waals surface area contributed by atoms with E-state index in [9.17, 15) is 9.59 Å². The molecule has 1 heterocycles. The minimum absolute atomic E-state index is 0.228. The second kappa shape index (κ2) is 8.13. The molecule has 1 aliphatic rings. The molecule has 3 heteroatoms. The molecule has 2 aromatic carbocycles. The Morgan fingerprint density at radius 2 is 1.38 bits per heavy atom. The van der Waals surface area contributed by atoms with Gasteiger partial charge in [-0.05, 0) is 48.4 Å². The molecule has 26 heavy (non-hydrogen) atoms. The Balaban J connectivity index is 1.71. The van der Waals surface area contributed by atoms with Crippen molar-refractivity contribution < 1.29 is 9.59 Å². The number of hydrogen-bond donors (Lipinski definition) is 0. The average molecular weight is 347 g/mol. The number of imide groups is 1. The molecule has 0 fully saturated rings. The van der Waals surface area contributed by atoms with E-state index in [-0.39, 0.29) is 11.8 Å². The van der Waals surface area contributed by atoms with Gasteiger partial charge in [-0.3, -0.25) is 14.5 Å². The van der Waals surface area contributed by atoms with Gasteiger partial charge in [-0.1, -0.05) is 61.4 Å². The molecule has 2 aromatic rings. The topological polar surface area (TPSA) is 37.4 Å². The molecule has 0 bridgehead atoms. The minimum atomic E-state index is -0.228. The maximum atomic E-state index is 11.9. The molecule has 2 amide bonds. The van der Waals surface area contributed by atoms with E-state index >= 15 is 0 Å². The lowest BCUT2D eigenvalue weighted by Crippen LogP contribution is -2.29. The first-order chi connectivity index (χ1) is 12.6. The SMILES string of the molecule is CCCc1ccc(CCc2ccc(C)cc2CN2C(=O)C=CC2=O)cc1. The predicted octanol–water partition coefficient (Wildman–Crippen LogP) is 4.16. The standard InChI is InChI=1S/C23H25NO2/c1-3-4-18-6-8-19(9-7-18)10-12-20-11-5-17(2)15-21(20)16-24-22(25)13-14-23(24)26/h5-9,11,13-15H,3-4,10,12,16H2,1-2H3. The van der Waals surface area contributed by atoms with E-state index < -0.39 is 0 Å². The van der Waals surface area contributed by atoms with Crippen molar-refractivity contribution in [2.45, 2.75) is 46.1 Å². The zero-order chi connectivity index (χ0) is 18.5. The van der Waals surface area contributed by atoms with E-state index in [2.05, 4.69) is 49.4 Å². The van der Waals surface area contributed by atoms with Gasteiger partial charge in [0.05, 0.1) is 6.54 Å². The Bertz CT molecular complexity index is 816. The molecular formula is C23H25NO2. The fraction of sp³-hybridized carbons (Fsp3) is 0.304. The zero-order valence-electron chi connectivity index (χ0n) is 15.5. The number of amides is 2. The highest BCUT2D eigenvalue weighted by Gasteiger charge is 2.24. The zero-order valence-corrected chi connectivity index (χ0v) is 15.5. The quantitative estimate of drug-likeness (QED) is 0.705. The van der Waals surface area contributed by atoms with E-state index in [1.165, 1.54) is 33.7 Å². The number of rotatable bonds is 7. The highest BCUT2D eigenvalue weighted by Crippen LogP contribution is 2.19. The van der Waals surface area contributed by atoms with Crippen LogP contribution in [0.25, 0.3) is 0 Å². The number of nitrogens with zero attached hydrogens (tertiary/aromatic N) is 1. The van der Waals surface area contributed by atoms with Gasteiger partial charge in [-0.2, -0.15) is 0 Å². The van der Waals surface area contributed by atoms with E-state index in [4.69, 9.17) is 0 Å². The first kappa shape index (κ1) is 18.1. The number of carbonyl (C=O) groups excluding carboxylic acids is 2. The van der Waals surface area contributed by atoms with Crippen LogP contribution in [0.5, 0.6) is 0 Å². The first-order valence-electron chi connectivity index (χ1n) is 9.26. The van der Waals surface area contributed by atoms with Gasteiger partial charge in [0.1, 0.15) is 0 Å². The summed E-state index contributed by atoms with van der Waals surface area (Å²) in [5.41, 5.74) is 6.08. The van der Waals surface area contributed by atoms with Crippen LogP contribution in [0.4, 0.5) is 0 Å². The summed E-state index contributed by atoms with van der Waals surface area (Å²) in [5, 5.41) is 0. The van der Waals surface area contributed by atoms with Crippen LogP contribution in [-0.2, 0) is 35.4 Å². The van der Waals surface area contributed by atoms with Crippen molar-refractivity contribution in [1.29, 1.82) is 0 Å². The van der Waals surface area contributed by atoms with Crippen molar-refractivity contribution in [3.05, 3.63) is 82.4 Å². The van der Waals surface area contributed by atoms with Crippen molar-refractivity contribution in [2.75, 3.05) is 0 Å². The predicted molar refractivity (Wildman–Crippen MR) is 104 cm³/mol. The summed E-state index contributed by atoms with van der Waals surface area (Å²) in [4.78, 5) is 25.0. The highest BCUT2D eigenvalue weighted by molar-refractivity contribution is 6.12. The Morgan fingerprint density at radius 1 is 0.769 bits per heavy atom. The van der Waals surface area contributed by atoms with Gasteiger partial charge >= 0.3 is 0 Å². The van der Waals surface area contributed by atoms with Gasteiger partial charge in [-0.25, -0.2) is 0 Å². The summed E-state index contributed by atoms with van der Waals surface area (Å²) in [6.07, 6.45) is 6.81. The largest absolute Gasteiger partial charge is 0.271 e. The third-order valence-corrected chi connectivity index (χ3v) is 4.84. The lowest BCUT2D eigenvalue weighted by Gasteiger charge is -2.17. The lowest BCUT2D eigenvalue weighted by atomic mass is 9.97. The molecule has 0 atom stereocenters. The minimum Gasteiger partial charge on any atom is -0.271 e. The Kier molecular flexibility index (Phi) is 5.67. The smallest absolute Gasteiger partial charge is 0.253 e. The second-order valence-corrected chi connectivity index (χ2v) is 6.93. The monoisotopic (exact) mass is 347 g/mol. The summed E-state index contributed by atoms with van der Waals surface area (Å²) in [6, 6.07) is 15.1. The van der Waals surface area contributed by atoms with E-state index in [0.29, 0.717) is 6.54 Å². The molecule has 134 valence electrons. The molecule has 0 saturated carbocycles. The molecule has 3 nitrogen and oxygen atoms in total. The molecule has 0 aliphatic carbocycles. The maximum absolute atomic E-state index is 11.9. The molecule has 0 spiro atoms. The fourth-order valence-corrected chi connectivity index (χ4v) is 3.34. The molecule has 0 N–H and O–H groups in total. The summed E-state index contributed by atoms with van der Waals surface area (Å²) < 4.78 is 0. The first-order valence-corrected chi connectivity index (χ1v) is 9.26. The summed E-state index contributed by atoms with van der Waals surface area (Å²) in [6.45, 7) is 4.57. The third-order valence-electron chi connectivity index (χ3n) is 4.84. The number of carbonyl (C=O) groups is 2. The summed E-state index contributed by atoms with van der Waals surface area (Å²) in [5.74, 6) is -0.456. The Morgan fingerprint density at radius 3 is 2.00 bits per heavy atom. The number of hydrogen-bond acceptors (Lipinski definition) is 2. The third kappa shape index (κ3) is 4.29. The Labute approximate surface area is 155 Å². The normalized spacial score (nSPS) is 13.7. The van der Waals surface area contributed by atoms with Crippen LogP contribution in [0, 0.1) is 6.92 Å². The molecule has 0 saturated heterocycles.